The predicted molar refractivity (Wildman–Crippen MR) is 82.2 cm³/mol. The van der Waals surface area contributed by atoms with Gasteiger partial charge in [0.25, 0.3) is 0 Å². The van der Waals surface area contributed by atoms with E-state index in [1.54, 1.807) is 6.20 Å². The van der Waals surface area contributed by atoms with E-state index in [0.717, 1.165) is 19.6 Å². The van der Waals surface area contributed by atoms with Gasteiger partial charge in [-0.25, -0.2) is 9.97 Å². The van der Waals surface area contributed by atoms with Gasteiger partial charge < -0.3 is 11.1 Å². The van der Waals surface area contributed by atoms with Crippen molar-refractivity contribution in [3.63, 3.8) is 0 Å². The highest BCUT2D eigenvalue weighted by Gasteiger charge is 2.25. The minimum atomic E-state index is -0.0454. The number of hydrogen-bond donors (Lipinski definition) is 3. The average Bonchev–Trinajstić information content (AvgIpc) is 2.57. The molecule has 8 heteroatoms. The molecule has 1 saturated heterocycles. The third-order valence-electron chi connectivity index (χ3n) is 3.37. The van der Waals surface area contributed by atoms with Crippen LogP contribution in [-0.2, 0) is 0 Å². The lowest BCUT2D eigenvalue weighted by Gasteiger charge is -2.34. The van der Waals surface area contributed by atoms with Crippen LogP contribution in [0.25, 0.3) is 0 Å². The van der Waals surface area contributed by atoms with Crippen molar-refractivity contribution in [1.29, 1.82) is 5.26 Å². The summed E-state index contributed by atoms with van der Waals surface area (Å²) in [5, 5.41) is 15.7. The molecule has 0 aliphatic carbocycles. The quantitative estimate of drug-likeness (QED) is 0.724. The highest BCUT2D eigenvalue weighted by atomic mass is 15.4. The Kier molecular flexibility index (Phi) is 4.09. The van der Waals surface area contributed by atoms with Crippen molar-refractivity contribution >= 4 is 17.6 Å². The molecule has 0 radical (unpaired) electrons. The van der Waals surface area contributed by atoms with Crippen molar-refractivity contribution in [2.45, 2.75) is 6.17 Å². The van der Waals surface area contributed by atoms with E-state index >= 15 is 0 Å². The van der Waals surface area contributed by atoms with Crippen molar-refractivity contribution in [2.75, 3.05) is 30.3 Å². The lowest BCUT2D eigenvalue weighted by atomic mass is 10.3. The van der Waals surface area contributed by atoms with E-state index in [1.807, 2.05) is 29.2 Å². The Labute approximate surface area is 128 Å². The van der Waals surface area contributed by atoms with Crippen molar-refractivity contribution in [1.82, 2.24) is 25.6 Å². The number of pyridine rings is 1. The van der Waals surface area contributed by atoms with E-state index in [2.05, 4.69) is 25.6 Å². The van der Waals surface area contributed by atoms with E-state index in [1.165, 1.54) is 6.20 Å². The van der Waals surface area contributed by atoms with E-state index in [9.17, 15) is 0 Å². The Morgan fingerprint density at radius 2 is 2.23 bits per heavy atom. The first-order chi connectivity index (χ1) is 10.8. The highest BCUT2D eigenvalue weighted by Crippen LogP contribution is 2.23. The monoisotopic (exact) mass is 296 g/mol. The number of rotatable bonds is 3. The number of nitrogens with one attached hydrogen (secondary N) is 2. The van der Waals surface area contributed by atoms with Gasteiger partial charge in [-0.15, -0.1) is 0 Å². The molecule has 3 rings (SSSR count). The number of nitrogens with two attached hydrogens (primary N) is 1. The van der Waals surface area contributed by atoms with Crippen LogP contribution in [-0.4, -0.2) is 40.8 Å². The Morgan fingerprint density at radius 3 is 2.86 bits per heavy atom. The molecule has 1 atom stereocenters. The van der Waals surface area contributed by atoms with Crippen LogP contribution in [0.15, 0.2) is 30.6 Å². The fourth-order valence-corrected chi connectivity index (χ4v) is 2.31. The first-order valence-electron chi connectivity index (χ1n) is 6.96. The Hall–Kier alpha value is -2.76. The molecule has 0 amide bonds. The third-order valence-corrected chi connectivity index (χ3v) is 3.37. The van der Waals surface area contributed by atoms with Crippen LogP contribution in [0.3, 0.4) is 0 Å². The first-order valence-corrected chi connectivity index (χ1v) is 6.96. The molecule has 1 aliphatic heterocycles. The lowest BCUT2D eigenvalue weighted by Crippen LogP contribution is -2.56. The fraction of sp³-hybridized carbons (Fsp3) is 0.286. The van der Waals surface area contributed by atoms with Crippen molar-refractivity contribution in [3.05, 3.63) is 36.2 Å². The molecule has 1 aliphatic rings. The number of aromatic nitrogens is 3. The number of nitrogen functional groups attached to an aromatic ring is 1. The third kappa shape index (κ3) is 2.81. The standard InChI is InChI=1S/C14H16N8/c15-7-10-8-20-14(21-13(10)16)22(11-3-1-2-4-18-11)12-9-17-5-6-19-12/h1-4,8,12,17,19H,5-6,9H2,(H2,16,20,21). The summed E-state index contributed by atoms with van der Waals surface area (Å²) >= 11 is 0. The van der Waals surface area contributed by atoms with Crippen LogP contribution >= 0.6 is 0 Å². The van der Waals surface area contributed by atoms with Gasteiger partial charge in [0.15, 0.2) is 0 Å². The lowest BCUT2D eigenvalue weighted by molar-refractivity contribution is 0.418. The molecular weight excluding hydrogens is 280 g/mol. The summed E-state index contributed by atoms with van der Waals surface area (Å²) < 4.78 is 0. The fourth-order valence-electron chi connectivity index (χ4n) is 2.31. The average molecular weight is 296 g/mol. The van der Waals surface area contributed by atoms with Gasteiger partial charge in [-0.05, 0) is 12.1 Å². The second kappa shape index (κ2) is 6.34. The minimum absolute atomic E-state index is 0.0454. The summed E-state index contributed by atoms with van der Waals surface area (Å²) in [7, 11) is 0. The molecular formula is C14H16N8. The highest BCUT2D eigenvalue weighted by molar-refractivity contribution is 5.57. The Bertz CT molecular complexity index is 675. The van der Waals surface area contributed by atoms with Gasteiger partial charge in [0.05, 0.1) is 6.20 Å². The first kappa shape index (κ1) is 14.2. The van der Waals surface area contributed by atoms with Gasteiger partial charge in [0.2, 0.25) is 5.95 Å². The van der Waals surface area contributed by atoms with E-state index in [-0.39, 0.29) is 17.5 Å². The number of piperazine rings is 1. The zero-order valence-corrected chi connectivity index (χ0v) is 11.9. The van der Waals surface area contributed by atoms with Crippen LogP contribution in [0.4, 0.5) is 17.6 Å². The molecule has 112 valence electrons. The maximum absolute atomic E-state index is 8.96. The maximum atomic E-state index is 8.96. The molecule has 4 N–H and O–H groups in total. The van der Waals surface area contributed by atoms with Gasteiger partial charge in [0, 0.05) is 25.8 Å². The SMILES string of the molecule is N#Cc1cnc(N(c2ccccn2)C2CNCCN2)nc1N. The van der Waals surface area contributed by atoms with Gasteiger partial charge >= 0.3 is 0 Å². The molecule has 22 heavy (non-hydrogen) atoms. The number of anilines is 3. The molecule has 0 spiro atoms. The number of nitriles is 1. The van der Waals surface area contributed by atoms with Crippen molar-refractivity contribution in [2.24, 2.45) is 0 Å². The van der Waals surface area contributed by atoms with E-state index in [4.69, 9.17) is 11.0 Å². The van der Waals surface area contributed by atoms with Gasteiger partial charge in [-0.2, -0.15) is 10.2 Å². The smallest absolute Gasteiger partial charge is 0.234 e. The normalized spacial score (nSPS) is 17.7. The molecule has 2 aromatic rings. The van der Waals surface area contributed by atoms with Gasteiger partial charge in [0.1, 0.15) is 29.4 Å². The van der Waals surface area contributed by atoms with Crippen LogP contribution < -0.4 is 21.3 Å². The molecule has 2 aromatic heterocycles. The molecule has 3 heterocycles. The molecule has 0 saturated carbocycles. The second-order valence-corrected chi connectivity index (χ2v) is 4.81. The van der Waals surface area contributed by atoms with Crippen LogP contribution in [0.2, 0.25) is 0 Å². The predicted octanol–water partition coefficient (Wildman–Crippen LogP) is -0.0175. The zero-order chi connectivity index (χ0) is 15.4. The topological polar surface area (TPSA) is 116 Å². The van der Waals surface area contributed by atoms with Crippen LogP contribution in [0.1, 0.15) is 5.56 Å². The number of hydrogen-bond acceptors (Lipinski definition) is 8. The van der Waals surface area contributed by atoms with Crippen molar-refractivity contribution < 1.29 is 0 Å². The van der Waals surface area contributed by atoms with Gasteiger partial charge in [-0.3, -0.25) is 10.2 Å². The summed E-state index contributed by atoms with van der Waals surface area (Å²) in [5.74, 6) is 1.29. The molecule has 8 nitrogen and oxygen atoms in total. The van der Waals surface area contributed by atoms with E-state index < -0.39 is 0 Å². The summed E-state index contributed by atoms with van der Waals surface area (Å²) in [6.45, 7) is 2.46. The van der Waals surface area contributed by atoms with Gasteiger partial charge in [-0.1, -0.05) is 6.07 Å². The summed E-state index contributed by atoms with van der Waals surface area (Å²) in [6, 6.07) is 7.60. The summed E-state index contributed by atoms with van der Waals surface area (Å²) in [5.41, 5.74) is 6.08. The summed E-state index contributed by atoms with van der Waals surface area (Å²) in [4.78, 5) is 14.8. The molecule has 0 aromatic carbocycles. The summed E-state index contributed by atoms with van der Waals surface area (Å²) in [6.07, 6.45) is 3.10. The Balaban J connectivity index is 2.01. The maximum Gasteiger partial charge on any atom is 0.234 e. The number of nitrogens with zero attached hydrogens (tertiary/aromatic N) is 5. The van der Waals surface area contributed by atoms with Crippen LogP contribution in [0, 0.1) is 11.3 Å². The Morgan fingerprint density at radius 1 is 1.32 bits per heavy atom. The van der Waals surface area contributed by atoms with Crippen molar-refractivity contribution in [3.8, 4) is 6.07 Å². The van der Waals surface area contributed by atoms with Crippen LogP contribution in [0.5, 0.6) is 0 Å². The second-order valence-electron chi connectivity index (χ2n) is 4.81. The molecule has 1 fully saturated rings. The zero-order valence-electron chi connectivity index (χ0n) is 11.9. The molecule has 1 unspecified atom stereocenters. The van der Waals surface area contributed by atoms with E-state index in [0.29, 0.717) is 11.8 Å². The minimum Gasteiger partial charge on any atom is -0.382 e. The largest absolute Gasteiger partial charge is 0.382 e. The molecule has 0 bridgehead atoms.